The van der Waals surface area contributed by atoms with Gasteiger partial charge in [-0.2, -0.15) is 0 Å². The highest BCUT2D eigenvalue weighted by Crippen LogP contribution is 2.20. The molecule has 3 nitrogen and oxygen atoms in total. The van der Waals surface area contributed by atoms with E-state index in [0.29, 0.717) is 6.04 Å². The second kappa shape index (κ2) is 5.58. The zero-order chi connectivity index (χ0) is 9.68. The molecule has 1 aliphatic carbocycles. The Morgan fingerprint density at radius 1 is 1.31 bits per heavy atom. The van der Waals surface area contributed by atoms with Crippen molar-refractivity contribution in [2.45, 2.75) is 37.8 Å². The van der Waals surface area contributed by atoms with Crippen LogP contribution in [0.25, 0.3) is 0 Å². The Morgan fingerprint density at radius 2 is 1.92 bits per heavy atom. The largest absolute Gasteiger partial charge is 0.383 e. The van der Waals surface area contributed by atoms with Crippen LogP contribution in [-0.2, 0) is 4.74 Å². The molecule has 1 saturated carbocycles. The maximum atomic E-state index is 5.85. The molecule has 0 spiro atoms. The van der Waals surface area contributed by atoms with Crippen molar-refractivity contribution < 1.29 is 4.74 Å². The molecule has 2 N–H and O–H groups in total. The molecule has 0 saturated heterocycles. The quantitative estimate of drug-likeness (QED) is 0.707. The van der Waals surface area contributed by atoms with Gasteiger partial charge in [-0.1, -0.05) is 0 Å². The fraction of sp³-hybridized carbons (Fsp3) is 1.00. The number of rotatable bonds is 4. The van der Waals surface area contributed by atoms with E-state index in [1.165, 1.54) is 25.7 Å². The minimum atomic E-state index is 0.451. The lowest BCUT2D eigenvalue weighted by Crippen LogP contribution is -2.40. The molecule has 3 heteroatoms. The molecular weight excluding hydrogens is 164 g/mol. The van der Waals surface area contributed by atoms with E-state index in [1.54, 1.807) is 7.11 Å². The van der Waals surface area contributed by atoms with Crippen LogP contribution in [0.5, 0.6) is 0 Å². The van der Waals surface area contributed by atoms with Gasteiger partial charge in [-0.05, 0) is 32.7 Å². The predicted molar refractivity (Wildman–Crippen MR) is 54.7 cm³/mol. The standard InChI is InChI=1S/C10H22N2O/c1-12(7-8-13-2)10-5-3-9(11)4-6-10/h9-10H,3-8,11H2,1-2H3. The molecule has 0 aromatic rings. The van der Waals surface area contributed by atoms with Crippen molar-refractivity contribution in [2.24, 2.45) is 5.73 Å². The Morgan fingerprint density at radius 3 is 2.46 bits per heavy atom. The smallest absolute Gasteiger partial charge is 0.0589 e. The highest BCUT2D eigenvalue weighted by Gasteiger charge is 2.21. The van der Waals surface area contributed by atoms with E-state index in [4.69, 9.17) is 10.5 Å². The van der Waals surface area contributed by atoms with Crippen molar-refractivity contribution in [3.63, 3.8) is 0 Å². The van der Waals surface area contributed by atoms with Crippen molar-refractivity contribution in [1.29, 1.82) is 0 Å². The molecule has 0 atom stereocenters. The first-order chi connectivity index (χ1) is 6.24. The van der Waals surface area contributed by atoms with Gasteiger partial charge in [0.25, 0.3) is 0 Å². The topological polar surface area (TPSA) is 38.5 Å². The van der Waals surface area contributed by atoms with Gasteiger partial charge < -0.3 is 15.4 Å². The normalized spacial score (nSPS) is 29.5. The number of ether oxygens (including phenoxy) is 1. The van der Waals surface area contributed by atoms with Gasteiger partial charge in [-0.15, -0.1) is 0 Å². The molecule has 0 radical (unpaired) electrons. The van der Waals surface area contributed by atoms with Gasteiger partial charge in [0.15, 0.2) is 0 Å². The molecule has 0 unspecified atom stereocenters. The summed E-state index contributed by atoms with van der Waals surface area (Å²) in [5.74, 6) is 0. The maximum absolute atomic E-state index is 5.85. The maximum Gasteiger partial charge on any atom is 0.0589 e. The Kier molecular flexibility index (Phi) is 4.70. The average Bonchev–Trinajstić information content (AvgIpc) is 2.15. The molecular formula is C10H22N2O. The summed E-state index contributed by atoms with van der Waals surface area (Å²) in [6.07, 6.45) is 4.87. The van der Waals surface area contributed by atoms with E-state index in [0.717, 1.165) is 19.2 Å². The van der Waals surface area contributed by atoms with Crippen LogP contribution in [-0.4, -0.2) is 44.3 Å². The minimum Gasteiger partial charge on any atom is -0.383 e. The molecule has 1 rings (SSSR count). The summed E-state index contributed by atoms with van der Waals surface area (Å²) < 4.78 is 5.06. The van der Waals surface area contributed by atoms with Crippen molar-refractivity contribution in [3.8, 4) is 0 Å². The summed E-state index contributed by atoms with van der Waals surface area (Å²) in [6, 6.07) is 1.18. The second-order valence-electron chi connectivity index (χ2n) is 4.04. The summed E-state index contributed by atoms with van der Waals surface area (Å²) in [5, 5.41) is 0. The molecule has 1 fully saturated rings. The van der Waals surface area contributed by atoms with E-state index < -0.39 is 0 Å². The fourth-order valence-electron chi connectivity index (χ4n) is 1.96. The average molecular weight is 186 g/mol. The molecule has 78 valence electrons. The molecule has 0 heterocycles. The lowest BCUT2D eigenvalue weighted by atomic mass is 9.91. The minimum absolute atomic E-state index is 0.451. The Hall–Kier alpha value is -0.120. The van der Waals surface area contributed by atoms with Gasteiger partial charge >= 0.3 is 0 Å². The Labute approximate surface area is 81.2 Å². The predicted octanol–water partition coefficient (Wildman–Crippen LogP) is 0.834. The second-order valence-corrected chi connectivity index (χ2v) is 4.04. The molecule has 0 aliphatic heterocycles. The van der Waals surface area contributed by atoms with E-state index in [9.17, 15) is 0 Å². The third-order valence-electron chi connectivity index (χ3n) is 3.01. The zero-order valence-corrected chi connectivity index (χ0v) is 8.83. The zero-order valence-electron chi connectivity index (χ0n) is 8.83. The fourth-order valence-corrected chi connectivity index (χ4v) is 1.96. The Balaban J connectivity index is 2.19. The molecule has 0 bridgehead atoms. The summed E-state index contributed by atoms with van der Waals surface area (Å²) in [7, 11) is 3.94. The van der Waals surface area contributed by atoms with Gasteiger partial charge in [-0.3, -0.25) is 0 Å². The first kappa shape index (κ1) is 11.0. The van der Waals surface area contributed by atoms with Crippen molar-refractivity contribution in [1.82, 2.24) is 4.90 Å². The van der Waals surface area contributed by atoms with E-state index in [-0.39, 0.29) is 0 Å². The number of hydrogen-bond acceptors (Lipinski definition) is 3. The van der Waals surface area contributed by atoms with Gasteiger partial charge in [0.05, 0.1) is 6.61 Å². The third-order valence-corrected chi connectivity index (χ3v) is 3.01. The van der Waals surface area contributed by atoms with Crippen molar-refractivity contribution in [2.75, 3.05) is 27.3 Å². The first-order valence-electron chi connectivity index (χ1n) is 5.18. The van der Waals surface area contributed by atoms with Gasteiger partial charge in [0.2, 0.25) is 0 Å². The summed E-state index contributed by atoms with van der Waals surface area (Å²) >= 11 is 0. The summed E-state index contributed by atoms with van der Waals surface area (Å²) in [4.78, 5) is 2.40. The molecule has 0 aromatic heterocycles. The number of hydrogen-bond donors (Lipinski definition) is 1. The van der Waals surface area contributed by atoms with Crippen LogP contribution in [0.3, 0.4) is 0 Å². The summed E-state index contributed by atoms with van der Waals surface area (Å²) in [6.45, 7) is 1.87. The van der Waals surface area contributed by atoms with Gasteiger partial charge in [-0.25, -0.2) is 0 Å². The van der Waals surface area contributed by atoms with Gasteiger partial charge in [0.1, 0.15) is 0 Å². The number of likely N-dealkylation sites (N-methyl/N-ethyl adjacent to an activating group) is 1. The number of nitrogens with two attached hydrogens (primary N) is 1. The molecule has 13 heavy (non-hydrogen) atoms. The van der Waals surface area contributed by atoms with E-state index in [1.807, 2.05) is 0 Å². The van der Waals surface area contributed by atoms with Gasteiger partial charge in [0, 0.05) is 25.7 Å². The van der Waals surface area contributed by atoms with Crippen LogP contribution >= 0.6 is 0 Å². The highest BCUT2D eigenvalue weighted by molar-refractivity contribution is 4.79. The first-order valence-corrected chi connectivity index (χ1v) is 5.18. The summed E-state index contributed by atoms with van der Waals surface area (Å²) in [5.41, 5.74) is 5.85. The van der Waals surface area contributed by atoms with Crippen LogP contribution in [0.1, 0.15) is 25.7 Å². The molecule has 1 aliphatic rings. The van der Waals surface area contributed by atoms with Crippen molar-refractivity contribution >= 4 is 0 Å². The van der Waals surface area contributed by atoms with Crippen LogP contribution in [0, 0.1) is 0 Å². The lowest BCUT2D eigenvalue weighted by Gasteiger charge is -2.33. The number of methoxy groups -OCH3 is 1. The van der Waals surface area contributed by atoms with E-state index >= 15 is 0 Å². The van der Waals surface area contributed by atoms with Crippen LogP contribution < -0.4 is 5.73 Å². The van der Waals surface area contributed by atoms with Crippen molar-refractivity contribution in [3.05, 3.63) is 0 Å². The van der Waals surface area contributed by atoms with Crippen LogP contribution in [0.2, 0.25) is 0 Å². The van der Waals surface area contributed by atoms with Crippen LogP contribution in [0.15, 0.2) is 0 Å². The third kappa shape index (κ3) is 3.63. The number of nitrogens with zero attached hydrogens (tertiary/aromatic N) is 1. The lowest BCUT2D eigenvalue weighted by molar-refractivity contribution is 0.120. The monoisotopic (exact) mass is 186 g/mol. The molecule has 0 amide bonds. The van der Waals surface area contributed by atoms with Crippen LogP contribution in [0.4, 0.5) is 0 Å². The van der Waals surface area contributed by atoms with E-state index in [2.05, 4.69) is 11.9 Å². The Bertz CT molecular complexity index is 133. The highest BCUT2D eigenvalue weighted by atomic mass is 16.5. The SMILES string of the molecule is COCCN(C)C1CCC(N)CC1. The molecule has 0 aromatic carbocycles.